The molecule has 1 unspecified atom stereocenters. The third kappa shape index (κ3) is 2.45. The molecule has 5 heteroatoms. The van der Waals surface area contributed by atoms with Gasteiger partial charge in [-0.05, 0) is 17.7 Å². The molecule has 1 atom stereocenters. The molecule has 16 heavy (non-hydrogen) atoms. The molecule has 84 valence electrons. The highest BCUT2D eigenvalue weighted by Crippen LogP contribution is 2.20. The van der Waals surface area contributed by atoms with E-state index in [1.54, 1.807) is 17.1 Å². The summed E-state index contributed by atoms with van der Waals surface area (Å²) in [6, 6.07) is 8.06. The topological polar surface area (TPSA) is 43.8 Å². The van der Waals surface area contributed by atoms with Crippen LogP contribution in [0.2, 0.25) is 5.02 Å². The van der Waals surface area contributed by atoms with E-state index in [-0.39, 0.29) is 6.04 Å². The molecule has 2 N–H and O–H groups in total. The number of rotatable bonds is 3. The highest BCUT2D eigenvalue weighted by molar-refractivity contribution is 9.10. The van der Waals surface area contributed by atoms with Crippen LogP contribution < -0.4 is 5.73 Å². The molecule has 0 spiro atoms. The van der Waals surface area contributed by atoms with E-state index in [4.69, 9.17) is 17.3 Å². The molecule has 1 heterocycles. The first-order valence-electron chi connectivity index (χ1n) is 4.86. The van der Waals surface area contributed by atoms with E-state index in [1.807, 2.05) is 24.3 Å². The number of aromatic nitrogens is 2. The molecule has 2 aromatic rings. The molecule has 0 bridgehead atoms. The summed E-state index contributed by atoms with van der Waals surface area (Å²) in [5.74, 6) is 0. The van der Waals surface area contributed by atoms with Crippen LogP contribution in [0.15, 0.2) is 41.1 Å². The Hall–Kier alpha value is -0.840. The summed E-state index contributed by atoms with van der Waals surface area (Å²) in [5.41, 5.74) is 6.88. The van der Waals surface area contributed by atoms with Crippen molar-refractivity contribution < 1.29 is 0 Å². The zero-order valence-corrected chi connectivity index (χ0v) is 10.8. The van der Waals surface area contributed by atoms with Crippen LogP contribution in [0.3, 0.4) is 0 Å². The number of halogens is 2. The Labute approximate surface area is 107 Å². The lowest BCUT2D eigenvalue weighted by Gasteiger charge is -2.15. The van der Waals surface area contributed by atoms with Gasteiger partial charge >= 0.3 is 0 Å². The number of hydrogen-bond donors (Lipinski definition) is 1. The third-order valence-corrected chi connectivity index (χ3v) is 3.09. The Bertz CT molecular complexity index is 466. The lowest BCUT2D eigenvalue weighted by atomic mass is 10.1. The van der Waals surface area contributed by atoms with E-state index >= 15 is 0 Å². The normalized spacial score (nSPS) is 12.7. The monoisotopic (exact) mass is 299 g/mol. The second kappa shape index (κ2) is 4.99. The molecular weight excluding hydrogens is 289 g/mol. The van der Waals surface area contributed by atoms with Crippen molar-refractivity contribution in [3.8, 4) is 0 Å². The van der Waals surface area contributed by atoms with Gasteiger partial charge in [0.05, 0.1) is 17.3 Å². The number of nitrogens with zero attached hydrogens (tertiary/aromatic N) is 2. The maximum atomic E-state index is 5.84. The Morgan fingerprint density at radius 2 is 2.06 bits per heavy atom. The van der Waals surface area contributed by atoms with Gasteiger partial charge in [0, 0.05) is 17.2 Å². The standard InChI is InChI=1S/C11H11BrClN3/c12-9-3-1-8(2-4-9)11(5-14)16-7-10(13)6-15-16/h1-4,6-7,11H,5,14H2. The molecule has 0 aliphatic heterocycles. The van der Waals surface area contributed by atoms with Crippen molar-refractivity contribution >= 4 is 27.5 Å². The first-order chi connectivity index (χ1) is 7.70. The van der Waals surface area contributed by atoms with Gasteiger partial charge in [-0.2, -0.15) is 5.10 Å². The number of nitrogens with two attached hydrogens (primary N) is 1. The van der Waals surface area contributed by atoms with Gasteiger partial charge < -0.3 is 5.73 Å². The minimum Gasteiger partial charge on any atom is -0.328 e. The SMILES string of the molecule is NCC(c1ccc(Br)cc1)n1cc(Cl)cn1. The maximum Gasteiger partial charge on any atom is 0.0891 e. The lowest BCUT2D eigenvalue weighted by molar-refractivity contribution is 0.532. The van der Waals surface area contributed by atoms with Crippen molar-refractivity contribution in [1.82, 2.24) is 9.78 Å². The van der Waals surface area contributed by atoms with E-state index < -0.39 is 0 Å². The summed E-state index contributed by atoms with van der Waals surface area (Å²) in [5, 5.41) is 4.80. The molecule has 0 amide bonds. The lowest BCUT2D eigenvalue weighted by Crippen LogP contribution is -2.20. The predicted molar refractivity (Wildman–Crippen MR) is 68.6 cm³/mol. The minimum atomic E-state index is 0.0283. The van der Waals surface area contributed by atoms with Crippen LogP contribution in [-0.4, -0.2) is 16.3 Å². The summed E-state index contributed by atoms with van der Waals surface area (Å²) in [4.78, 5) is 0. The molecule has 3 nitrogen and oxygen atoms in total. The van der Waals surface area contributed by atoms with Crippen LogP contribution in [0, 0.1) is 0 Å². The van der Waals surface area contributed by atoms with Crippen LogP contribution in [-0.2, 0) is 0 Å². The molecular formula is C11H11BrClN3. The van der Waals surface area contributed by atoms with Crippen molar-refractivity contribution in [3.05, 3.63) is 51.7 Å². The quantitative estimate of drug-likeness (QED) is 0.947. The van der Waals surface area contributed by atoms with Crippen LogP contribution in [0.5, 0.6) is 0 Å². The minimum absolute atomic E-state index is 0.0283. The van der Waals surface area contributed by atoms with Crippen molar-refractivity contribution in [2.45, 2.75) is 6.04 Å². The fourth-order valence-corrected chi connectivity index (χ4v) is 1.98. The van der Waals surface area contributed by atoms with Gasteiger partial charge in [-0.15, -0.1) is 0 Å². The van der Waals surface area contributed by atoms with Crippen molar-refractivity contribution in [2.75, 3.05) is 6.54 Å². The van der Waals surface area contributed by atoms with Gasteiger partial charge in [0.2, 0.25) is 0 Å². The van der Waals surface area contributed by atoms with E-state index in [9.17, 15) is 0 Å². The zero-order chi connectivity index (χ0) is 11.5. The zero-order valence-electron chi connectivity index (χ0n) is 8.48. The second-order valence-corrected chi connectivity index (χ2v) is 4.79. The fourth-order valence-electron chi connectivity index (χ4n) is 1.57. The molecule has 2 rings (SSSR count). The molecule has 0 saturated carbocycles. The summed E-state index contributed by atoms with van der Waals surface area (Å²) in [6.45, 7) is 0.486. The van der Waals surface area contributed by atoms with Gasteiger partial charge in [-0.25, -0.2) is 0 Å². The summed E-state index contributed by atoms with van der Waals surface area (Å²) >= 11 is 9.24. The molecule has 0 radical (unpaired) electrons. The molecule has 0 saturated heterocycles. The predicted octanol–water partition coefficient (Wildman–Crippen LogP) is 2.85. The average molecular weight is 301 g/mol. The van der Waals surface area contributed by atoms with E-state index in [0.29, 0.717) is 11.6 Å². The highest BCUT2D eigenvalue weighted by Gasteiger charge is 2.12. The second-order valence-electron chi connectivity index (χ2n) is 3.44. The van der Waals surface area contributed by atoms with Gasteiger partial charge in [-0.1, -0.05) is 39.7 Å². The number of benzene rings is 1. The van der Waals surface area contributed by atoms with Crippen molar-refractivity contribution in [2.24, 2.45) is 5.73 Å². The number of hydrogen-bond acceptors (Lipinski definition) is 2. The third-order valence-electron chi connectivity index (χ3n) is 2.37. The maximum absolute atomic E-state index is 5.84. The Morgan fingerprint density at radius 3 is 2.56 bits per heavy atom. The highest BCUT2D eigenvalue weighted by atomic mass is 79.9. The summed E-state index contributed by atoms with van der Waals surface area (Å²) in [6.07, 6.45) is 3.39. The Kier molecular flexibility index (Phi) is 3.63. The molecule has 1 aromatic heterocycles. The molecule has 0 fully saturated rings. The van der Waals surface area contributed by atoms with Gasteiger partial charge in [0.1, 0.15) is 0 Å². The molecule has 1 aromatic carbocycles. The smallest absolute Gasteiger partial charge is 0.0891 e. The van der Waals surface area contributed by atoms with Crippen LogP contribution in [0.25, 0.3) is 0 Å². The van der Waals surface area contributed by atoms with Crippen LogP contribution in [0.1, 0.15) is 11.6 Å². The van der Waals surface area contributed by atoms with Gasteiger partial charge in [0.25, 0.3) is 0 Å². The van der Waals surface area contributed by atoms with Crippen molar-refractivity contribution in [3.63, 3.8) is 0 Å². The van der Waals surface area contributed by atoms with Crippen molar-refractivity contribution in [1.29, 1.82) is 0 Å². The van der Waals surface area contributed by atoms with E-state index in [1.165, 1.54) is 0 Å². The fraction of sp³-hybridized carbons (Fsp3) is 0.182. The Balaban J connectivity index is 2.32. The summed E-state index contributed by atoms with van der Waals surface area (Å²) < 4.78 is 2.83. The molecule has 0 aliphatic rings. The van der Waals surface area contributed by atoms with Gasteiger partial charge in [-0.3, -0.25) is 4.68 Å². The van der Waals surface area contributed by atoms with Crippen LogP contribution >= 0.6 is 27.5 Å². The Morgan fingerprint density at radius 1 is 1.38 bits per heavy atom. The van der Waals surface area contributed by atoms with E-state index in [0.717, 1.165) is 10.0 Å². The summed E-state index contributed by atoms with van der Waals surface area (Å²) in [7, 11) is 0. The average Bonchev–Trinajstić information content (AvgIpc) is 2.69. The van der Waals surface area contributed by atoms with E-state index in [2.05, 4.69) is 21.0 Å². The first kappa shape index (κ1) is 11.6. The van der Waals surface area contributed by atoms with Crippen LogP contribution in [0.4, 0.5) is 0 Å². The largest absolute Gasteiger partial charge is 0.328 e. The van der Waals surface area contributed by atoms with Gasteiger partial charge in [0.15, 0.2) is 0 Å². The molecule has 0 aliphatic carbocycles. The first-order valence-corrected chi connectivity index (χ1v) is 6.03.